The predicted molar refractivity (Wildman–Crippen MR) is 114 cm³/mol. The van der Waals surface area contributed by atoms with Crippen LogP contribution in [0, 0.1) is 0 Å². The van der Waals surface area contributed by atoms with E-state index in [1.165, 1.54) is 0 Å². The lowest BCUT2D eigenvalue weighted by Crippen LogP contribution is -2.24. The number of carbonyl (C=O) groups excluding carboxylic acids is 2. The number of benzene rings is 2. The van der Waals surface area contributed by atoms with Crippen molar-refractivity contribution < 1.29 is 14.3 Å². The molecule has 0 atom stereocenters. The van der Waals surface area contributed by atoms with Crippen LogP contribution in [0.2, 0.25) is 5.02 Å². The maximum absolute atomic E-state index is 12.8. The summed E-state index contributed by atoms with van der Waals surface area (Å²) in [7, 11) is 0. The number of nitrogens with one attached hydrogen (secondary N) is 1. The molecule has 0 saturated heterocycles. The summed E-state index contributed by atoms with van der Waals surface area (Å²) >= 11 is 6.03. The fourth-order valence-corrected chi connectivity index (χ4v) is 3.14. The minimum absolute atomic E-state index is 0.0184. The average molecular weight is 413 g/mol. The molecule has 29 heavy (non-hydrogen) atoms. The van der Waals surface area contributed by atoms with Crippen LogP contribution < -0.4 is 10.7 Å². The van der Waals surface area contributed by atoms with Gasteiger partial charge in [-0.05, 0) is 63.2 Å². The number of ether oxygens (including phenoxy) is 1. The Morgan fingerprint density at radius 1 is 1.14 bits per heavy atom. The van der Waals surface area contributed by atoms with Crippen LogP contribution in [0.25, 0.3) is 10.9 Å². The predicted octanol–water partition coefficient (Wildman–Crippen LogP) is 4.49. The molecule has 0 bridgehead atoms. The Morgan fingerprint density at radius 2 is 1.83 bits per heavy atom. The third-order valence-corrected chi connectivity index (χ3v) is 4.58. The molecule has 0 fully saturated rings. The average Bonchev–Trinajstić information content (AvgIpc) is 2.68. The van der Waals surface area contributed by atoms with Gasteiger partial charge >= 0.3 is 5.97 Å². The molecule has 0 radical (unpaired) electrons. The van der Waals surface area contributed by atoms with Crippen LogP contribution in [0.15, 0.2) is 53.5 Å². The van der Waals surface area contributed by atoms with Gasteiger partial charge in [0.1, 0.15) is 5.56 Å². The zero-order chi connectivity index (χ0) is 21.1. The van der Waals surface area contributed by atoms with E-state index in [1.54, 1.807) is 62.5 Å². The van der Waals surface area contributed by atoms with Crippen molar-refractivity contribution in [3.8, 4) is 0 Å². The van der Waals surface area contributed by atoms with Gasteiger partial charge in [-0.2, -0.15) is 0 Å². The topological polar surface area (TPSA) is 77.4 Å². The maximum atomic E-state index is 12.8. The van der Waals surface area contributed by atoms with Gasteiger partial charge in [-0.15, -0.1) is 0 Å². The van der Waals surface area contributed by atoms with E-state index in [9.17, 15) is 14.4 Å². The van der Waals surface area contributed by atoms with Gasteiger partial charge in [-0.1, -0.05) is 11.6 Å². The number of halogens is 1. The molecule has 1 heterocycles. The SMILES string of the molecule is CCn1cc(C(=O)Nc2ccc(C(=O)OC(C)C)cc2)c(=O)c2cc(Cl)ccc21. The van der Waals surface area contributed by atoms with E-state index in [0.29, 0.717) is 33.7 Å². The molecule has 2 aromatic carbocycles. The number of carbonyl (C=O) groups is 2. The van der Waals surface area contributed by atoms with Gasteiger partial charge in [0.2, 0.25) is 5.43 Å². The van der Waals surface area contributed by atoms with Gasteiger partial charge in [0.25, 0.3) is 5.91 Å². The fraction of sp³-hybridized carbons (Fsp3) is 0.227. The first-order valence-electron chi connectivity index (χ1n) is 9.25. The Morgan fingerprint density at radius 3 is 2.45 bits per heavy atom. The summed E-state index contributed by atoms with van der Waals surface area (Å²) in [5.41, 5.74) is 1.19. The highest BCUT2D eigenvalue weighted by molar-refractivity contribution is 6.31. The lowest BCUT2D eigenvalue weighted by atomic mass is 10.1. The van der Waals surface area contributed by atoms with Crippen LogP contribution in [0.5, 0.6) is 0 Å². The summed E-state index contributed by atoms with van der Waals surface area (Å²) < 4.78 is 6.96. The highest BCUT2D eigenvalue weighted by atomic mass is 35.5. The van der Waals surface area contributed by atoms with Crippen LogP contribution in [0.1, 0.15) is 41.5 Å². The van der Waals surface area contributed by atoms with Crippen LogP contribution in [0.4, 0.5) is 5.69 Å². The summed E-state index contributed by atoms with van der Waals surface area (Å²) in [6.45, 7) is 6.05. The molecular formula is C22H21ClN2O4. The first-order chi connectivity index (χ1) is 13.8. The van der Waals surface area contributed by atoms with E-state index in [4.69, 9.17) is 16.3 Å². The summed E-state index contributed by atoms with van der Waals surface area (Å²) in [6, 6.07) is 11.3. The van der Waals surface area contributed by atoms with Crippen molar-refractivity contribution in [2.75, 3.05) is 5.32 Å². The van der Waals surface area contributed by atoms with E-state index in [2.05, 4.69) is 5.32 Å². The number of pyridine rings is 1. The third-order valence-electron chi connectivity index (χ3n) is 4.35. The van der Waals surface area contributed by atoms with Gasteiger partial charge < -0.3 is 14.6 Å². The minimum Gasteiger partial charge on any atom is -0.459 e. The number of aromatic nitrogens is 1. The third kappa shape index (κ3) is 4.49. The number of hydrogen-bond donors (Lipinski definition) is 1. The lowest BCUT2D eigenvalue weighted by molar-refractivity contribution is 0.0378. The molecule has 1 amide bonds. The van der Waals surface area contributed by atoms with E-state index < -0.39 is 11.9 Å². The van der Waals surface area contributed by atoms with Crippen molar-refractivity contribution in [1.82, 2.24) is 4.57 Å². The molecule has 150 valence electrons. The molecule has 3 rings (SSSR count). The molecule has 7 heteroatoms. The van der Waals surface area contributed by atoms with Crippen LogP contribution in [-0.2, 0) is 11.3 Å². The molecule has 0 unspecified atom stereocenters. The molecule has 0 aliphatic carbocycles. The van der Waals surface area contributed by atoms with Crippen molar-refractivity contribution in [2.24, 2.45) is 0 Å². The molecular weight excluding hydrogens is 392 g/mol. The van der Waals surface area contributed by atoms with Crippen molar-refractivity contribution in [2.45, 2.75) is 33.4 Å². The highest BCUT2D eigenvalue weighted by Crippen LogP contribution is 2.18. The summed E-state index contributed by atoms with van der Waals surface area (Å²) in [6.07, 6.45) is 1.33. The maximum Gasteiger partial charge on any atom is 0.338 e. The van der Waals surface area contributed by atoms with E-state index >= 15 is 0 Å². The molecule has 0 spiro atoms. The zero-order valence-electron chi connectivity index (χ0n) is 16.4. The van der Waals surface area contributed by atoms with E-state index in [1.807, 2.05) is 11.5 Å². The monoisotopic (exact) mass is 412 g/mol. The largest absolute Gasteiger partial charge is 0.459 e. The Hall–Kier alpha value is -3.12. The molecule has 6 nitrogen and oxygen atoms in total. The van der Waals surface area contributed by atoms with Gasteiger partial charge in [0.15, 0.2) is 0 Å². The van der Waals surface area contributed by atoms with Crippen LogP contribution in [0.3, 0.4) is 0 Å². The first kappa shape index (κ1) is 20.6. The van der Waals surface area contributed by atoms with Crippen molar-refractivity contribution in [3.63, 3.8) is 0 Å². The van der Waals surface area contributed by atoms with Gasteiger partial charge in [-0.25, -0.2) is 4.79 Å². The second-order valence-electron chi connectivity index (χ2n) is 6.80. The standard InChI is InChI=1S/C22H21ClN2O4/c1-4-25-12-18(20(26)17-11-15(23)7-10-19(17)25)21(27)24-16-8-5-14(6-9-16)22(28)29-13(2)3/h5-13H,4H2,1-3H3,(H,24,27). The van der Waals surface area contributed by atoms with Gasteiger partial charge in [0, 0.05) is 28.8 Å². The van der Waals surface area contributed by atoms with E-state index in [-0.39, 0.29) is 17.1 Å². The highest BCUT2D eigenvalue weighted by Gasteiger charge is 2.16. The molecule has 0 aliphatic heterocycles. The molecule has 0 aliphatic rings. The van der Waals surface area contributed by atoms with Crippen molar-refractivity contribution in [3.05, 3.63) is 75.0 Å². The van der Waals surface area contributed by atoms with Crippen LogP contribution >= 0.6 is 11.6 Å². The quantitative estimate of drug-likeness (QED) is 0.626. The Balaban J connectivity index is 1.89. The van der Waals surface area contributed by atoms with Crippen LogP contribution in [-0.4, -0.2) is 22.5 Å². The van der Waals surface area contributed by atoms with Gasteiger partial charge in [0.05, 0.1) is 17.2 Å². The number of aryl methyl sites for hydroxylation is 1. The second kappa shape index (κ2) is 8.49. The number of esters is 1. The van der Waals surface area contributed by atoms with Gasteiger partial charge in [-0.3, -0.25) is 9.59 Å². The normalized spacial score (nSPS) is 10.9. The summed E-state index contributed by atoms with van der Waals surface area (Å²) in [5.74, 6) is -0.966. The number of hydrogen-bond acceptors (Lipinski definition) is 4. The second-order valence-corrected chi connectivity index (χ2v) is 7.24. The smallest absolute Gasteiger partial charge is 0.338 e. The number of rotatable bonds is 5. The Kier molecular flexibility index (Phi) is 6.03. The van der Waals surface area contributed by atoms with Crippen molar-refractivity contribution in [1.29, 1.82) is 0 Å². The lowest BCUT2D eigenvalue weighted by Gasteiger charge is -2.12. The Labute approximate surface area is 173 Å². The van der Waals surface area contributed by atoms with Crippen molar-refractivity contribution >= 4 is 40.1 Å². The molecule has 3 aromatic rings. The molecule has 0 saturated carbocycles. The number of fused-ring (bicyclic) bond motifs is 1. The number of nitrogens with zero attached hydrogens (tertiary/aromatic N) is 1. The molecule has 1 aromatic heterocycles. The molecule has 1 N–H and O–H groups in total. The first-order valence-corrected chi connectivity index (χ1v) is 9.63. The minimum atomic E-state index is -0.531. The fourth-order valence-electron chi connectivity index (χ4n) is 2.96. The van der Waals surface area contributed by atoms with E-state index in [0.717, 1.165) is 0 Å². The Bertz CT molecular complexity index is 1130. The summed E-state index contributed by atoms with van der Waals surface area (Å²) in [5, 5.41) is 3.52. The summed E-state index contributed by atoms with van der Waals surface area (Å²) in [4.78, 5) is 37.5. The number of anilines is 1. The number of amides is 1. The zero-order valence-corrected chi connectivity index (χ0v) is 17.1.